The molecule has 0 saturated heterocycles. The standard InChI is InChI=1S/C4H5O3P/c1-3(8-6)4(5)7-2/h1H2,2H3. The summed E-state index contributed by atoms with van der Waals surface area (Å²) < 4.78 is 14.0. The molecule has 0 fully saturated rings. The largest absolute Gasteiger partial charge is 0.465 e. The molecule has 0 N–H and O–H groups in total. The van der Waals surface area contributed by atoms with Crippen molar-refractivity contribution < 1.29 is 14.1 Å². The summed E-state index contributed by atoms with van der Waals surface area (Å²) in [6.07, 6.45) is 0. The molecule has 0 unspecified atom stereocenters. The Balaban J connectivity index is 3.82. The zero-order chi connectivity index (χ0) is 6.57. The Morgan fingerprint density at radius 3 is 2.38 bits per heavy atom. The molecule has 0 heterocycles. The Morgan fingerprint density at radius 2 is 2.25 bits per heavy atom. The van der Waals surface area contributed by atoms with Crippen LogP contribution in [0.15, 0.2) is 11.9 Å². The Labute approximate surface area is 48.5 Å². The van der Waals surface area contributed by atoms with Crippen molar-refractivity contribution >= 4 is 14.4 Å². The van der Waals surface area contributed by atoms with Crippen molar-refractivity contribution in [2.24, 2.45) is 0 Å². The minimum absolute atomic E-state index is 0.0625. The number of hydrogen-bond acceptors (Lipinski definition) is 3. The molecule has 0 aromatic rings. The summed E-state index contributed by atoms with van der Waals surface area (Å²) in [6, 6.07) is 0. The number of ether oxygens (including phenoxy) is 1. The van der Waals surface area contributed by atoms with Gasteiger partial charge >= 0.3 is 5.97 Å². The fourth-order valence-corrected chi connectivity index (χ4v) is 0.321. The van der Waals surface area contributed by atoms with Crippen LogP contribution < -0.4 is 0 Å². The lowest BCUT2D eigenvalue weighted by atomic mass is 10.6. The van der Waals surface area contributed by atoms with Crippen molar-refractivity contribution in [2.75, 3.05) is 7.11 Å². The van der Waals surface area contributed by atoms with E-state index in [1.165, 1.54) is 7.11 Å². The van der Waals surface area contributed by atoms with Crippen LogP contribution in [0, 0.1) is 0 Å². The van der Waals surface area contributed by atoms with Gasteiger partial charge in [0.1, 0.15) is 5.31 Å². The molecular formula is C4H5O3P. The van der Waals surface area contributed by atoms with Crippen molar-refractivity contribution in [2.45, 2.75) is 0 Å². The highest BCUT2D eigenvalue weighted by atomic mass is 31.1. The SMILES string of the molecule is C=C(P=O)C(=O)OC. The van der Waals surface area contributed by atoms with Gasteiger partial charge in [-0.2, -0.15) is 0 Å². The first-order chi connectivity index (χ1) is 3.72. The average molecular weight is 132 g/mol. The monoisotopic (exact) mass is 132 g/mol. The first kappa shape index (κ1) is 7.31. The van der Waals surface area contributed by atoms with Crippen molar-refractivity contribution in [3.8, 4) is 0 Å². The van der Waals surface area contributed by atoms with Crippen LogP contribution in [0.1, 0.15) is 0 Å². The van der Waals surface area contributed by atoms with Crippen molar-refractivity contribution in [1.29, 1.82) is 0 Å². The molecule has 0 aliphatic carbocycles. The third-order valence-corrected chi connectivity index (χ3v) is 0.934. The lowest BCUT2D eigenvalue weighted by Gasteiger charge is -1.89. The lowest BCUT2D eigenvalue weighted by molar-refractivity contribution is -0.135. The molecule has 0 aliphatic rings. The Bertz CT molecular complexity index is 129. The average Bonchev–Trinajstić information content (AvgIpc) is 1.84. The molecule has 0 radical (unpaired) electrons. The van der Waals surface area contributed by atoms with Crippen LogP contribution in [0.3, 0.4) is 0 Å². The van der Waals surface area contributed by atoms with Gasteiger partial charge in [0.05, 0.1) is 7.11 Å². The molecule has 0 spiro atoms. The van der Waals surface area contributed by atoms with Gasteiger partial charge in [0, 0.05) is 0 Å². The van der Waals surface area contributed by atoms with Crippen LogP contribution in [-0.2, 0) is 14.1 Å². The second kappa shape index (κ2) is 3.33. The summed E-state index contributed by atoms with van der Waals surface area (Å²) in [5.74, 6) is -0.637. The van der Waals surface area contributed by atoms with Crippen molar-refractivity contribution in [3.05, 3.63) is 11.9 Å². The van der Waals surface area contributed by atoms with Crippen molar-refractivity contribution in [1.82, 2.24) is 0 Å². The second-order valence-corrected chi connectivity index (χ2v) is 1.75. The van der Waals surface area contributed by atoms with Crippen LogP contribution in [0.2, 0.25) is 0 Å². The van der Waals surface area contributed by atoms with E-state index in [9.17, 15) is 9.36 Å². The molecule has 0 rings (SSSR count). The summed E-state index contributed by atoms with van der Waals surface area (Å²) >= 11 is 0. The maximum atomic E-state index is 10.2. The molecule has 4 heteroatoms. The summed E-state index contributed by atoms with van der Waals surface area (Å²) in [5.41, 5.74) is 0. The molecule has 3 nitrogen and oxygen atoms in total. The molecule has 0 saturated carbocycles. The summed E-state index contributed by atoms with van der Waals surface area (Å²) in [5, 5.41) is -0.0625. The first-order valence-corrected chi connectivity index (χ1v) is 2.64. The summed E-state index contributed by atoms with van der Waals surface area (Å²) in [4.78, 5) is 10.2. The van der Waals surface area contributed by atoms with Gasteiger partial charge in [-0.15, -0.1) is 0 Å². The van der Waals surface area contributed by atoms with Crippen molar-refractivity contribution in [3.63, 3.8) is 0 Å². The maximum absolute atomic E-state index is 10.2. The minimum atomic E-state index is -0.637. The van der Waals surface area contributed by atoms with Gasteiger partial charge in [-0.3, -0.25) is 4.57 Å². The number of esters is 1. The molecular weight excluding hydrogens is 127 g/mol. The van der Waals surface area contributed by atoms with Crippen LogP contribution in [0.5, 0.6) is 0 Å². The van der Waals surface area contributed by atoms with Gasteiger partial charge < -0.3 is 4.74 Å². The first-order valence-electron chi connectivity index (χ1n) is 1.83. The van der Waals surface area contributed by atoms with Gasteiger partial charge in [0.15, 0.2) is 8.46 Å². The van der Waals surface area contributed by atoms with E-state index >= 15 is 0 Å². The highest BCUT2D eigenvalue weighted by Crippen LogP contribution is 2.08. The Morgan fingerprint density at radius 1 is 1.75 bits per heavy atom. The van der Waals surface area contributed by atoms with Crippen LogP contribution in [0.4, 0.5) is 0 Å². The minimum Gasteiger partial charge on any atom is -0.465 e. The molecule has 0 atom stereocenters. The zero-order valence-electron chi connectivity index (χ0n) is 4.38. The number of hydrogen-bond donors (Lipinski definition) is 0. The second-order valence-electron chi connectivity index (χ2n) is 1.03. The summed E-state index contributed by atoms with van der Waals surface area (Å²) in [7, 11) is 0.826. The third kappa shape index (κ3) is 1.85. The predicted octanol–water partition coefficient (Wildman–Crippen LogP) is 0.965. The maximum Gasteiger partial charge on any atom is 0.345 e. The lowest BCUT2D eigenvalue weighted by Crippen LogP contribution is -1.97. The van der Waals surface area contributed by atoms with Crippen LogP contribution in [-0.4, -0.2) is 13.1 Å². The fraction of sp³-hybridized carbons (Fsp3) is 0.250. The van der Waals surface area contributed by atoms with E-state index in [1.807, 2.05) is 0 Å². The molecule has 0 aromatic heterocycles. The fourth-order valence-electron chi connectivity index (χ4n) is 0.155. The number of methoxy groups -OCH3 is 1. The Kier molecular flexibility index (Phi) is 3.04. The third-order valence-electron chi connectivity index (χ3n) is 0.531. The number of carbonyl (C=O) groups excluding carboxylic acids is 1. The zero-order valence-corrected chi connectivity index (χ0v) is 5.27. The smallest absolute Gasteiger partial charge is 0.345 e. The van der Waals surface area contributed by atoms with E-state index in [-0.39, 0.29) is 13.8 Å². The molecule has 8 heavy (non-hydrogen) atoms. The summed E-state index contributed by atoms with van der Waals surface area (Å²) in [6.45, 7) is 3.14. The highest BCUT2D eigenvalue weighted by molar-refractivity contribution is 7.31. The van der Waals surface area contributed by atoms with E-state index in [4.69, 9.17) is 0 Å². The van der Waals surface area contributed by atoms with E-state index in [0.29, 0.717) is 0 Å². The highest BCUT2D eigenvalue weighted by Gasteiger charge is 2.03. The van der Waals surface area contributed by atoms with Gasteiger partial charge in [0.2, 0.25) is 0 Å². The molecule has 0 aromatic carbocycles. The normalized spacial score (nSPS) is 8.62. The predicted molar refractivity (Wildman–Crippen MR) is 28.8 cm³/mol. The van der Waals surface area contributed by atoms with Gasteiger partial charge in [0.25, 0.3) is 0 Å². The number of rotatable bonds is 2. The van der Waals surface area contributed by atoms with E-state index < -0.39 is 5.97 Å². The number of carbonyl (C=O) groups is 1. The van der Waals surface area contributed by atoms with Gasteiger partial charge in [-0.1, -0.05) is 6.58 Å². The van der Waals surface area contributed by atoms with Crippen LogP contribution >= 0.6 is 8.46 Å². The molecule has 0 amide bonds. The van der Waals surface area contributed by atoms with E-state index in [0.717, 1.165) is 0 Å². The van der Waals surface area contributed by atoms with Gasteiger partial charge in [-0.25, -0.2) is 4.79 Å². The molecule has 0 aliphatic heterocycles. The van der Waals surface area contributed by atoms with E-state index in [1.54, 1.807) is 0 Å². The molecule has 0 bridgehead atoms. The quantitative estimate of drug-likeness (QED) is 0.319. The van der Waals surface area contributed by atoms with E-state index in [2.05, 4.69) is 11.3 Å². The topological polar surface area (TPSA) is 43.4 Å². The van der Waals surface area contributed by atoms with Crippen LogP contribution in [0.25, 0.3) is 0 Å². The Hall–Kier alpha value is -0.690. The molecule has 44 valence electrons. The van der Waals surface area contributed by atoms with Gasteiger partial charge in [-0.05, 0) is 0 Å².